The van der Waals surface area contributed by atoms with Gasteiger partial charge in [0.05, 0.1) is 28.8 Å². The van der Waals surface area contributed by atoms with Gasteiger partial charge in [0.2, 0.25) is 0 Å². The van der Waals surface area contributed by atoms with Crippen LogP contribution in [-0.4, -0.2) is 12.5 Å². The highest BCUT2D eigenvalue weighted by Crippen LogP contribution is 2.33. The van der Waals surface area contributed by atoms with E-state index in [-0.39, 0.29) is 17.3 Å². The summed E-state index contributed by atoms with van der Waals surface area (Å²) in [4.78, 5) is 13.2. The van der Waals surface area contributed by atoms with Crippen LogP contribution in [0, 0.1) is 0 Å². The molecule has 2 heterocycles. The lowest BCUT2D eigenvalue weighted by Crippen LogP contribution is -3.10. The Morgan fingerprint density at radius 3 is 2.14 bits per heavy atom. The number of carbonyl (C=O) groups is 1. The Bertz CT molecular complexity index is 873. The van der Waals surface area contributed by atoms with Crippen LogP contribution in [0.1, 0.15) is 17.1 Å². The zero-order chi connectivity index (χ0) is 20.1. The van der Waals surface area contributed by atoms with Crippen molar-refractivity contribution in [3.8, 4) is 0 Å². The van der Waals surface area contributed by atoms with E-state index >= 15 is 0 Å². The number of anilines is 1. The van der Waals surface area contributed by atoms with Crippen LogP contribution in [0.2, 0.25) is 5.02 Å². The molecule has 3 aromatic rings. The molecule has 2 N–H and O–H groups in total. The molecule has 3 rings (SSSR count). The summed E-state index contributed by atoms with van der Waals surface area (Å²) in [6.45, 7) is 0.781. The molecule has 0 aliphatic heterocycles. The largest absolute Gasteiger partial charge is 0.463 e. The van der Waals surface area contributed by atoms with Crippen molar-refractivity contribution in [1.82, 2.24) is 0 Å². The first-order chi connectivity index (χ1) is 13.3. The second-order valence-electron chi connectivity index (χ2n) is 6.18. The fourth-order valence-electron chi connectivity index (χ4n) is 2.73. The Morgan fingerprint density at radius 1 is 1.04 bits per heavy atom. The fourth-order valence-corrected chi connectivity index (χ4v) is 2.89. The summed E-state index contributed by atoms with van der Waals surface area (Å²) in [5, 5.41) is 2.49. The van der Waals surface area contributed by atoms with Crippen molar-refractivity contribution in [2.75, 3.05) is 11.9 Å². The molecule has 0 spiro atoms. The number of carbonyl (C=O) groups excluding carboxylic acids is 1. The van der Waals surface area contributed by atoms with E-state index in [4.69, 9.17) is 20.4 Å². The Labute approximate surface area is 163 Å². The van der Waals surface area contributed by atoms with Gasteiger partial charge >= 0.3 is 6.18 Å². The molecule has 0 unspecified atom stereocenters. The maximum absolute atomic E-state index is 12.9. The molecule has 148 valence electrons. The first-order valence-electron chi connectivity index (χ1n) is 8.36. The predicted molar refractivity (Wildman–Crippen MR) is 95.7 cm³/mol. The van der Waals surface area contributed by atoms with Crippen molar-refractivity contribution < 1.29 is 31.7 Å². The number of halogens is 4. The molecule has 0 aliphatic carbocycles. The third-order valence-electron chi connectivity index (χ3n) is 3.99. The summed E-state index contributed by atoms with van der Waals surface area (Å²) in [6.07, 6.45) is -1.47. The van der Waals surface area contributed by atoms with Gasteiger partial charge < -0.3 is 19.1 Å². The molecule has 0 aliphatic rings. The van der Waals surface area contributed by atoms with Crippen LogP contribution in [0.5, 0.6) is 0 Å². The highest BCUT2D eigenvalue weighted by atomic mass is 35.5. The molecule has 0 saturated heterocycles. The Balaban J connectivity index is 1.71. The normalized spacial score (nSPS) is 11.8. The van der Waals surface area contributed by atoms with E-state index in [1.165, 1.54) is 12.5 Å². The zero-order valence-corrected chi connectivity index (χ0v) is 15.3. The lowest BCUT2D eigenvalue weighted by molar-refractivity contribution is -0.921. The van der Waals surface area contributed by atoms with Gasteiger partial charge in [-0.3, -0.25) is 4.79 Å². The topological polar surface area (TPSA) is 59.8 Å². The standard InChI is InChI=1S/C19H16ClF3N2O3/c20-16-6-5-13(19(21,22)23)9-17(16)24-18(26)12-25(10-14-3-1-7-27-14)11-15-4-2-8-28-15/h1-9H,10-12H2,(H,24,26)/p+1. The Hall–Kier alpha value is -2.71. The first kappa shape index (κ1) is 20.0. The van der Waals surface area contributed by atoms with Crippen LogP contribution in [0.25, 0.3) is 0 Å². The van der Waals surface area contributed by atoms with E-state index in [9.17, 15) is 18.0 Å². The SMILES string of the molecule is O=C(C[NH+](Cc1ccco1)Cc1ccco1)Nc1cc(C(F)(F)F)ccc1Cl. The molecule has 1 amide bonds. The number of furan rings is 2. The monoisotopic (exact) mass is 413 g/mol. The number of alkyl halides is 3. The number of hydrogen-bond acceptors (Lipinski definition) is 3. The maximum atomic E-state index is 12.9. The predicted octanol–water partition coefficient (Wildman–Crippen LogP) is 3.77. The molecule has 0 saturated carbocycles. The van der Waals surface area contributed by atoms with E-state index in [0.717, 1.165) is 23.1 Å². The van der Waals surface area contributed by atoms with Crippen LogP contribution in [0.4, 0.5) is 18.9 Å². The minimum Gasteiger partial charge on any atom is -0.463 e. The third kappa shape index (κ3) is 5.40. The Kier molecular flexibility index (Phi) is 6.11. The summed E-state index contributed by atoms with van der Waals surface area (Å²) in [5.74, 6) is 0.868. The summed E-state index contributed by atoms with van der Waals surface area (Å²) in [7, 11) is 0. The molecule has 0 bridgehead atoms. The minimum absolute atomic E-state index is 0.0199. The highest BCUT2D eigenvalue weighted by molar-refractivity contribution is 6.33. The van der Waals surface area contributed by atoms with Crippen molar-refractivity contribution in [2.24, 2.45) is 0 Å². The molecule has 0 radical (unpaired) electrons. The quantitative estimate of drug-likeness (QED) is 0.620. The van der Waals surface area contributed by atoms with Crippen LogP contribution in [0.3, 0.4) is 0 Å². The van der Waals surface area contributed by atoms with Gasteiger partial charge in [0.1, 0.15) is 13.1 Å². The van der Waals surface area contributed by atoms with Crippen molar-refractivity contribution in [3.63, 3.8) is 0 Å². The summed E-state index contributed by atoms with van der Waals surface area (Å²) in [5.41, 5.74) is -0.973. The summed E-state index contributed by atoms with van der Waals surface area (Å²) >= 11 is 5.94. The van der Waals surface area contributed by atoms with Gasteiger partial charge in [-0.1, -0.05) is 11.6 Å². The van der Waals surface area contributed by atoms with Gasteiger partial charge in [-0.25, -0.2) is 0 Å². The van der Waals surface area contributed by atoms with Gasteiger partial charge in [0, 0.05) is 0 Å². The van der Waals surface area contributed by atoms with Crippen molar-refractivity contribution in [2.45, 2.75) is 19.3 Å². The smallest absolute Gasteiger partial charge is 0.416 e. The van der Waals surface area contributed by atoms with Gasteiger partial charge in [0.15, 0.2) is 18.1 Å². The molecule has 5 nitrogen and oxygen atoms in total. The van der Waals surface area contributed by atoms with E-state index < -0.39 is 17.6 Å². The molecule has 0 fully saturated rings. The number of hydrogen-bond donors (Lipinski definition) is 2. The van der Waals surface area contributed by atoms with Crippen molar-refractivity contribution in [1.29, 1.82) is 0 Å². The molecular weight excluding hydrogens is 397 g/mol. The molecule has 28 heavy (non-hydrogen) atoms. The third-order valence-corrected chi connectivity index (χ3v) is 4.32. The fraction of sp³-hybridized carbons (Fsp3) is 0.211. The summed E-state index contributed by atoms with van der Waals surface area (Å²) in [6, 6.07) is 9.83. The van der Waals surface area contributed by atoms with E-state index in [2.05, 4.69) is 5.32 Å². The molecule has 1 aromatic carbocycles. The van der Waals surface area contributed by atoms with E-state index in [1.807, 2.05) is 0 Å². The lowest BCUT2D eigenvalue weighted by Gasteiger charge is -2.17. The zero-order valence-electron chi connectivity index (χ0n) is 14.6. The average molecular weight is 414 g/mol. The lowest BCUT2D eigenvalue weighted by atomic mass is 10.2. The number of rotatable bonds is 7. The first-order valence-corrected chi connectivity index (χ1v) is 8.74. The highest BCUT2D eigenvalue weighted by Gasteiger charge is 2.31. The van der Waals surface area contributed by atoms with Gasteiger partial charge in [-0.15, -0.1) is 0 Å². The average Bonchev–Trinajstić information content (AvgIpc) is 3.30. The van der Waals surface area contributed by atoms with Crippen molar-refractivity contribution >= 4 is 23.2 Å². The van der Waals surface area contributed by atoms with Crippen LogP contribution in [0.15, 0.2) is 63.8 Å². The maximum Gasteiger partial charge on any atom is 0.416 e. The molecular formula is C19H17ClF3N2O3+. The minimum atomic E-state index is -4.53. The van der Waals surface area contributed by atoms with Gasteiger partial charge in [-0.05, 0) is 42.5 Å². The summed E-state index contributed by atoms with van der Waals surface area (Å²) < 4.78 is 49.3. The molecule has 2 aromatic heterocycles. The molecule has 9 heteroatoms. The number of quaternary nitrogens is 1. The van der Waals surface area contributed by atoms with Crippen molar-refractivity contribution in [3.05, 3.63) is 77.1 Å². The number of benzene rings is 1. The Morgan fingerprint density at radius 2 is 1.64 bits per heavy atom. The van der Waals surface area contributed by atoms with E-state index in [0.29, 0.717) is 24.6 Å². The van der Waals surface area contributed by atoms with Crippen LogP contribution in [-0.2, 0) is 24.1 Å². The van der Waals surface area contributed by atoms with Crippen LogP contribution >= 0.6 is 11.6 Å². The van der Waals surface area contributed by atoms with E-state index in [1.54, 1.807) is 24.3 Å². The molecule has 0 atom stereocenters. The second-order valence-corrected chi connectivity index (χ2v) is 6.59. The number of nitrogens with one attached hydrogen (secondary N) is 2. The number of amides is 1. The van der Waals surface area contributed by atoms with Crippen LogP contribution < -0.4 is 10.2 Å². The second kappa shape index (κ2) is 8.53. The van der Waals surface area contributed by atoms with Gasteiger partial charge in [0.25, 0.3) is 5.91 Å². The van der Waals surface area contributed by atoms with Gasteiger partial charge in [-0.2, -0.15) is 13.2 Å².